The SMILES string of the molecule is CCC(C)(CO)NCC1(C)COC1. The van der Waals surface area contributed by atoms with Crippen LogP contribution in [0.25, 0.3) is 0 Å². The van der Waals surface area contributed by atoms with E-state index in [4.69, 9.17) is 4.74 Å². The van der Waals surface area contributed by atoms with Crippen LogP contribution in [-0.4, -0.2) is 37.0 Å². The van der Waals surface area contributed by atoms with E-state index in [0.717, 1.165) is 26.2 Å². The highest BCUT2D eigenvalue weighted by Crippen LogP contribution is 2.26. The summed E-state index contributed by atoms with van der Waals surface area (Å²) in [6, 6.07) is 0. The molecule has 3 heteroatoms. The van der Waals surface area contributed by atoms with Crippen molar-refractivity contribution in [1.29, 1.82) is 0 Å². The number of aliphatic hydroxyl groups is 1. The molecule has 78 valence electrons. The van der Waals surface area contributed by atoms with Gasteiger partial charge in [0.1, 0.15) is 0 Å². The van der Waals surface area contributed by atoms with Crippen LogP contribution in [0.2, 0.25) is 0 Å². The van der Waals surface area contributed by atoms with Crippen LogP contribution >= 0.6 is 0 Å². The van der Waals surface area contributed by atoms with E-state index in [0.29, 0.717) is 0 Å². The highest BCUT2D eigenvalue weighted by Gasteiger charge is 2.35. The van der Waals surface area contributed by atoms with Gasteiger partial charge in [-0.3, -0.25) is 0 Å². The van der Waals surface area contributed by atoms with E-state index in [1.807, 2.05) is 0 Å². The minimum atomic E-state index is -0.126. The van der Waals surface area contributed by atoms with Crippen LogP contribution < -0.4 is 5.32 Å². The highest BCUT2D eigenvalue weighted by molar-refractivity contribution is 4.88. The molecule has 0 aliphatic carbocycles. The topological polar surface area (TPSA) is 41.5 Å². The molecule has 0 spiro atoms. The van der Waals surface area contributed by atoms with Crippen LogP contribution in [0, 0.1) is 5.41 Å². The zero-order valence-corrected chi connectivity index (χ0v) is 8.89. The van der Waals surface area contributed by atoms with Crippen molar-refractivity contribution < 1.29 is 9.84 Å². The Bertz CT molecular complexity index is 162. The lowest BCUT2D eigenvalue weighted by Gasteiger charge is -2.41. The van der Waals surface area contributed by atoms with E-state index in [9.17, 15) is 5.11 Å². The van der Waals surface area contributed by atoms with Gasteiger partial charge in [0.15, 0.2) is 0 Å². The molecule has 1 fully saturated rings. The normalized spacial score (nSPS) is 24.9. The van der Waals surface area contributed by atoms with Gasteiger partial charge >= 0.3 is 0 Å². The Morgan fingerprint density at radius 1 is 1.54 bits per heavy atom. The molecule has 1 aliphatic rings. The third-order valence-electron chi connectivity index (χ3n) is 2.97. The predicted octanol–water partition coefficient (Wildman–Crippen LogP) is 0.774. The number of ether oxygens (including phenoxy) is 1. The molecule has 1 saturated heterocycles. The molecule has 0 amide bonds. The van der Waals surface area contributed by atoms with Gasteiger partial charge in [-0.05, 0) is 13.3 Å². The standard InChI is InChI=1S/C10H21NO2/c1-4-10(3,6-12)11-5-9(2)7-13-8-9/h11-12H,4-8H2,1-3H3. The maximum Gasteiger partial charge on any atom is 0.0610 e. The summed E-state index contributed by atoms with van der Waals surface area (Å²) >= 11 is 0. The summed E-state index contributed by atoms with van der Waals surface area (Å²) in [6.45, 7) is 9.14. The fourth-order valence-corrected chi connectivity index (χ4v) is 1.27. The van der Waals surface area contributed by atoms with Gasteiger partial charge in [0.25, 0.3) is 0 Å². The predicted molar refractivity (Wildman–Crippen MR) is 52.7 cm³/mol. The molecule has 0 radical (unpaired) electrons. The third kappa shape index (κ3) is 2.66. The molecule has 1 unspecified atom stereocenters. The molecule has 13 heavy (non-hydrogen) atoms. The monoisotopic (exact) mass is 187 g/mol. The lowest BCUT2D eigenvalue weighted by Crippen LogP contribution is -2.54. The van der Waals surface area contributed by atoms with Crippen molar-refractivity contribution in [3.63, 3.8) is 0 Å². The van der Waals surface area contributed by atoms with Gasteiger partial charge in [-0.15, -0.1) is 0 Å². The van der Waals surface area contributed by atoms with E-state index in [-0.39, 0.29) is 17.6 Å². The average molecular weight is 187 g/mol. The van der Waals surface area contributed by atoms with Crippen molar-refractivity contribution in [3.8, 4) is 0 Å². The zero-order chi connectivity index (χ0) is 9.95. The van der Waals surface area contributed by atoms with Gasteiger partial charge in [-0.1, -0.05) is 13.8 Å². The van der Waals surface area contributed by atoms with Crippen LogP contribution in [0.15, 0.2) is 0 Å². The van der Waals surface area contributed by atoms with E-state index in [1.54, 1.807) is 0 Å². The van der Waals surface area contributed by atoms with Crippen molar-refractivity contribution in [2.75, 3.05) is 26.4 Å². The summed E-state index contributed by atoms with van der Waals surface area (Å²) in [6.07, 6.45) is 0.945. The van der Waals surface area contributed by atoms with Crippen LogP contribution in [0.5, 0.6) is 0 Å². The summed E-state index contributed by atoms with van der Waals surface area (Å²) in [5.41, 5.74) is 0.157. The van der Waals surface area contributed by atoms with Crippen LogP contribution in [-0.2, 0) is 4.74 Å². The maximum absolute atomic E-state index is 9.18. The Morgan fingerprint density at radius 3 is 2.46 bits per heavy atom. The lowest BCUT2D eigenvalue weighted by atomic mass is 9.87. The molecular formula is C10H21NO2. The lowest BCUT2D eigenvalue weighted by molar-refractivity contribution is -0.103. The molecular weight excluding hydrogens is 166 g/mol. The fourth-order valence-electron chi connectivity index (χ4n) is 1.27. The number of hydrogen-bond acceptors (Lipinski definition) is 3. The number of rotatable bonds is 5. The molecule has 0 bridgehead atoms. The molecule has 2 N–H and O–H groups in total. The largest absolute Gasteiger partial charge is 0.394 e. The van der Waals surface area contributed by atoms with Crippen molar-refractivity contribution >= 4 is 0 Å². The molecule has 1 atom stereocenters. The summed E-state index contributed by atoms with van der Waals surface area (Å²) < 4.78 is 5.17. The van der Waals surface area contributed by atoms with Crippen LogP contribution in [0.3, 0.4) is 0 Å². The van der Waals surface area contributed by atoms with E-state index >= 15 is 0 Å². The Kier molecular flexibility index (Phi) is 3.33. The van der Waals surface area contributed by atoms with Crippen LogP contribution in [0.4, 0.5) is 0 Å². The van der Waals surface area contributed by atoms with Crippen molar-refractivity contribution in [2.24, 2.45) is 5.41 Å². The molecule has 1 rings (SSSR count). The first-order valence-electron chi connectivity index (χ1n) is 4.97. The average Bonchev–Trinajstić information content (AvgIpc) is 2.11. The second kappa shape index (κ2) is 3.95. The molecule has 0 aromatic rings. The zero-order valence-electron chi connectivity index (χ0n) is 8.89. The first kappa shape index (κ1) is 11.0. The van der Waals surface area contributed by atoms with Gasteiger partial charge in [0.05, 0.1) is 19.8 Å². The first-order chi connectivity index (χ1) is 6.04. The van der Waals surface area contributed by atoms with Gasteiger partial charge in [-0.25, -0.2) is 0 Å². The van der Waals surface area contributed by atoms with Crippen molar-refractivity contribution in [1.82, 2.24) is 5.32 Å². The van der Waals surface area contributed by atoms with Crippen LogP contribution in [0.1, 0.15) is 27.2 Å². The third-order valence-corrected chi connectivity index (χ3v) is 2.97. The second-order valence-corrected chi connectivity index (χ2v) is 4.73. The Morgan fingerprint density at radius 2 is 2.15 bits per heavy atom. The number of hydrogen-bond donors (Lipinski definition) is 2. The Hall–Kier alpha value is -0.120. The van der Waals surface area contributed by atoms with Crippen molar-refractivity contribution in [2.45, 2.75) is 32.7 Å². The smallest absolute Gasteiger partial charge is 0.0610 e. The second-order valence-electron chi connectivity index (χ2n) is 4.73. The van der Waals surface area contributed by atoms with E-state index in [2.05, 4.69) is 26.1 Å². The molecule has 1 heterocycles. The quantitative estimate of drug-likeness (QED) is 0.668. The minimum absolute atomic E-state index is 0.126. The summed E-state index contributed by atoms with van der Waals surface area (Å²) in [7, 11) is 0. The number of nitrogens with one attached hydrogen (secondary N) is 1. The summed E-state index contributed by atoms with van der Waals surface area (Å²) in [5.74, 6) is 0. The van der Waals surface area contributed by atoms with Gasteiger partial charge in [-0.2, -0.15) is 0 Å². The first-order valence-corrected chi connectivity index (χ1v) is 4.97. The Labute approximate surface area is 80.5 Å². The minimum Gasteiger partial charge on any atom is -0.394 e. The number of aliphatic hydroxyl groups excluding tert-OH is 1. The van der Waals surface area contributed by atoms with Crippen molar-refractivity contribution in [3.05, 3.63) is 0 Å². The van der Waals surface area contributed by atoms with Gasteiger partial charge in [0.2, 0.25) is 0 Å². The van der Waals surface area contributed by atoms with E-state index < -0.39 is 0 Å². The Balaban J connectivity index is 2.31. The molecule has 3 nitrogen and oxygen atoms in total. The molecule has 0 aromatic carbocycles. The fraction of sp³-hybridized carbons (Fsp3) is 1.00. The molecule has 1 aliphatic heterocycles. The highest BCUT2D eigenvalue weighted by atomic mass is 16.5. The molecule has 0 aromatic heterocycles. The van der Waals surface area contributed by atoms with E-state index in [1.165, 1.54) is 0 Å². The maximum atomic E-state index is 9.18. The van der Waals surface area contributed by atoms with Gasteiger partial charge in [0, 0.05) is 17.5 Å². The molecule has 0 saturated carbocycles. The van der Waals surface area contributed by atoms with Gasteiger partial charge < -0.3 is 15.2 Å². The summed E-state index contributed by atoms with van der Waals surface area (Å²) in [4.78, 5) is 0. The summed E-state index contributed by atoms with van der Waals surface area (Å²) in [5, 5.41) is 12.6.